The molecule has 0 aromatic heterocycles. The van der Waals surface area contributed by atoms with E-state index in [1.165, 1.54) is 0 Å². The third-order valence-electron chi connectivity index (χ3n) is 6.73. The maximum Gasteiger partial charge on any atom is 0.162 e. The molecule has 0 bridgehead atoms. The number of aryl methyl sites for hydroxylation is 3. The Morgan fingerprint density at radius 1 is 1.16 bits per heavy atom. The fraction of sp³-hybridized carbons (Fsp3) is 0.357. The molecular formula is C28H31N3O. The van der Waals surface area contributed by atoms with E-state index < -0.39 is 5.92 Å². The molecule has 1 aliphatic carbocycles. The highest BCUT2D eigenvalue weighted by Crippen LogP contribution is 2.51. The van der Waals surface area contributed by atoms with Gasteiger partial charge in [0, 0.05) is 17.7 Å². The second kappa shape index (κ2) is 7.98. The van der Waals surface area contributed by atoms with Gasteiger partial charge in [0.2, 0.25) is 0 Å². The van der Waals surface area contributed by atoms with Crippen LogP contribution in [-0.4, -0.2) is 5.78 Å². The van der Waals surface area contributed by atoms with Crippen LogP contribution in [0.15, 0.2) is 65.1 Å². The van der Waals surface area contributed by atoms with Crippen molar-refractivity contribution in [3.8, 4) is 6.07 Å². The van der Waals surface area contributed by atoms with Crippen molar-refractivity contribution in [3.05, 3.63) is 87.4 Å². The van der Waals surface area contributed by atoms with Gasteiger partial charge in [-0.25, -0.2) is 0 Å². The highest BCUT2D eigenvalue weighted by atomic mass is 16.1. The number of benzene rings is 2. The van der Waals surface area contributed by atoms with Gasteiger partial charge in [-0.2, -0.15) is 5.26 Å². The molecule has 0 fully saturated rings. The number of nitrogens with zero attached hydrogens (tertiary/aromatic N) is 2. The minimum Gasteiger partial charge on any atom is -0.384 e. The molecule has 1 aliphatic heterocycles. The van der Waals surface area contributed by atoms with Gasteiger partial charge in [0.25, 0.3) is 0 Å². The van der Waals surface area contributed by atoms with Crippen LogP contribution in [0.5, 0.6) is 0 Å². The quantitative estimate of drug-likeness (QED) is 0.674. The van der Waals surface area contributed by atoms with Crippen molar-refractivity contribution < 1.29 is 4.79 Å². The summed E-state index contributed by atoms with van der Waals surface area (Å²) in [6.45, 7) is 10.5. The van der Waals surface area contributed by atoms with Gasteiger partial charge in [0.05, 0.1) is 23.2 Å². The van der Waals surface area contributed by atoms with E-state index in [1.807, 2.05) is 42.2 Å². The van der Waals surface area contributed by atoms with Crippen molar-refractivity contribution in [3.63, 3.8) is 0 Å². The molecule has 1 unspecified atom stereocenters. The summed E-state index contributed by atoms with van der Waals surface area (Å²) < 4.78 is 0. The first-order valence-corrected chi connectivity index (χ1v) is 11.3. The molecule has 4 heteroatoms. The summed E-state index contributed by atoms with van der Waals surface area (Å²) in [5.74, 6) is 0.118. The minimum absolute atomic E-state index is 0.112. The fourth-order valence-corrected chi connectivity index (χ4v) is 5.27. The van der Waals surface area contributed by atoms with E-state index >= 15 is 0 Å². The lowest BCUT2D eigenvalue weighted by Crippen LogP contribution is -2.42. The topological polar surface area (TPSA) is 70.1 Å². The standard InChI is InChI=1S/C28H31N3O/c1-6-19-9-7-8-10-22(19)31-23-14-28(4,5)15-24(32)26(23)25(21(16-29)27(31)30)20-12-11-17(2)13-18(20)3/h7-13,25H,6,14-15,30H2,1-5H3. The normalized spacial score (nSPS) is 20.3. The molecule has 1 heterocycles. The van der Waals surface area contributed by atoms with Crippen LogP contribution < -0.4 is 10.6 Å². The molecule has 1 atom stereocenters. The monoisotopic (exact) mass is 425 g/mol. The molecular weight excluding hydrogens is 394 g/mol. The van der Waals surface area contributed by atoms with Gasteiger partial charge in [-0.15, -0.1) is 0 Å². The highest BCUT2D eigenvalue weighted by Gasteiger charge is 2.45. The molecule has 0 amide bonds. The third-order valence-corrected chi connectivity index (χ3v) is 6.73. The van der Waals surface area contributed by atoms with Crippen molar-refractivity contribution in [1.29, 1.82) is 5.26 Å². The van der Waals surface area contributed by atoms with Gasteiger partial charge in [-0.1, -0.05) is 62.7 Å². The van der Waals surface area contributed by atoms with Crippen molar-refractivity contribution >= 4 is 11.5 Å². The molecule has 2 N–H and O–H groups in total. The number of Topliss-reactive ketones (excluding diaryl/α,β-unsaturated/α-hetero) is 1. The summed E-state index contributed by atoms with van der Waals surface area (Å²) >= 11 is 0. The minimum atomic E-state index is -0.427. The van der Waals surface area contributed by atoms with Crippen molar-refractivity contribution in [2.45, 2.75) is 59.8 Å². The van der Waals surface area contributed by atoms with E-state index in [2.05, 4.69) is 45.9 Å². The highest BCUT2D eigenvalue weighted by molar-refractivity contribution is 6.01. The molecule has 32 heavy (non-hydrogen) atoms. The Labute approximate surface area is 191 Å². The lowest BCUT2D eigenvalue weighted by molar-refractivity contribution is -0.118. The van der Waals surface area contributed by atoms with Crippen LogP contribution in [0.2, 0.25) is 0 Å². The first-order valence-electron chi connectivity index (χ1n) is 11.3. The zero-order valence-electron chi connectivity index (χ0n) is 19.6. The predicted octanol–water partition coefficient (Wildman–Crippen LogP) is 5.81. The van der Waals surface area contributed by atoms with Crippen molar-refractivity contribution in [2.24, 2.45) is 11.1 Å². The molecule has 0 spiro atoms. The number of rotatable bonds is 3. The van der Waals surface area contributed by atoms with Crippen LogP contribution >= 0.6 is 0 Å². The largest absolute Gasteiger partial charge is 0.384 e. The second-order valence-electron chi connectivity index (χ2n) is 9.82. The number of hydrogen-bond donors (Lipinski definition) is 1. The number of carbonyl (C=O) groups excluding carboxylic acids is 1. The number of anilines is 1. The summed E-state index contributed by atoms with van der Waals surface area (Å²) in [5.41, 5.74) is 14.0. The molecule has 2 aliphatic rings. The Kier molecular flexibility index (Phi) is 5.46. The second-order valence-corrected chi connectivity index (χ2v) is 9.82. The Bertz CT molecular complexity index is 1210. The number of allylic oxidation sites excluding steroid dienone is 3. The summed E-state index contributed by atoms with van der Waals surface area (Å²) in [5, 5.41) is 10.3. The molecule has 0 saturated carbocycles. The van der Waals surface area contributed by atoms with Crippen LogP contribution in [-0.2, 0) is 11.2 Å². The fourth-order valence-electron chi connectivity index (χ4n) is 5.27. The van der Waals surface area contributed by atoms with Crippen LogP contribution in [0.3, 0.4) is 0 Å². The van der Waals surface area contributed by atoms with Crippen molar-refractivity contribution in [2.75, 3.05) is 4.90 Å². The summed E-state index contributed by atoms with van der Waals surface area (Å²) in [6.07, 6.45) is 2.03. The predicted molar refractivity (Wildman–Crippen MR) is 129 cm³/mol. The maximum absolute atomic E-state index is 13.6. The summed E-state index contributed by atoms with van der Waals surface area (Å²) in [6, 6.07) is 16.7. The van der Waals surface area contributed by atoms with Crippen molar-refractivity contribution in [1.82, 2.24) is 0 Å². The number of para-hydroxylation sites is 1. The lowest BCUT2D eigenvalue weighted by atomic mass is 9.68. The average Bonchev–Trinajstić information content (AvgIpc) is 2.72. The van der Waals surface area contributed by atoms with Crippen LogP contribution in [0.1, 0.15) is 61.8 Å². The number of ketones is 1. The van der Waals surface area contributed by atoms with Crippen LogP contribution in [0.25, 0.3) is 0 Å². The van der Waals surface area contributed by atoms with E-state index in [1.54, 1.807) is 0 Å². The van der Waals surface area contributed by atoms with Gasteiger partial charge in [0.1, 0.15) is 5.82 Å². The Morgan fingerprint density at radius 2 is 1.88 bits per heavy atom. The number of carbonyl (C=O) groups is 1. The SMILES string of the molecule is CCc1ccccc1N1C(N)=C(C#N)C(c2ccc(C)cc2C)C2=C1CC(C)(C)CC2=O. The summed E-state index contributed by atoms with van der Waals surface area (Å²) in [7, 11) is 0. The van der Waals surface area contributed by atoms with Gasteiger partial charge in [-0.3, -0.25) is 9.69 Å². The van der Waals surface area contributed by atoms with Crippen LogP contribution in [0.4, 0.5) is 5.69 Å². The zero-order chi connectivity index (χ0) is 23.2. The van der Waals surface area contributed by atoms with E-state index in [0.29, 0.717) is 17.8 Å². The lowest BCUT2D eigenvalue weighted by Gasteiger charge is -2.44. The molecule has 2 aromatic rings. The Balaban J connectivity index is 2.05. The van der Waals surface area contributed by atoms with Gasteiger partial charge < -0.3 is 5.73 Å². The average molecular weight is 426 g/mol. The summed E-state index contributed by atoms with van der Waals surface area (Å²) in [4.78, 5) is 15.6. The smallest absolute Gasteiger partial charge is 0.162 e. The van der Waals surface area contributed by atoms with Gasteiger partial charge in [0.15, 0.2) is 5.78 Å². The van der Waals surface area contributed by atoms with E-state index in [0.717, 1.165) is 52.1 Å². The van der Waals surface area contributed by atoms with E-state index in [-0.39, 0.29) is 11.2 Å². The Morgan fingerprint density at radius 3 is 2.53 bits per heavy atom. The third kappa shape index (κ3) is 3.52. The first-order chi connectivity index (χ1) is 15.2. The zero-order valence-corrected chi connectivity index (χ0v) is 19.6. The van der Waals surface area contributed by atoms with Gasteiger partial charge in [-0.05, 0) is 54.9 Å². The first kappa shape index (κ1) is 21.9. The Hall–Kier alpha value is -3.32. The van der Waals surface area contributed by atoms with Gasteiger partial charge >= 0.3 is 0 Å². The number of hydrogen-bond acceptors (Lipinski definition) is 4. The molecule has 0 saturated heterocycles. The molecule has 4 nitrogen and oxygen atoms in total. The maximum atomic E-state index is 13.6. The molecule has 2 aromatic carbocycles. The molecule has 4 rings (SSSR count). The van der Waals surface area contributed by atoms with E-state index in [9.17, 15) is 10.1 Å². The molecule has 164 valence electrons. The van der Waals surface area contributed by atoms with E-state index in [4.69, 9.17) is 5.73 Å². The van der Waals surface area contributed by atoms with Crippen LogP contribution in [0, 0.1) is 30.6 Å². The number of nitriles is 1. The number of nitrogens with two attached hydrogens (primary N) is 1. The molecule has 0 radical (unpaired) electrons.